The van der Waals surface area contributed by atoms with Crippen LogP contribution in [0.1, 0.15) is 52.1 Å². The summed E-state index contributed by atoms with van der Waals surface area (Å²) in [4.78, 5) is 18.1. The Morgan fingerprint density at radius 3 is 2.60 bits per heavy atom. The summed E-state index contributed by atoms with van der Waals surface area (Å²) in [5.41, 5.74) is 5.01. The summed E-state index contributed by atoms with van der Waals surface area (Å²) < 4.78 is 43.4. The number of nitrogens with two attached hydrogens (primary N) is 1. The lowest BCUT2D eigenvalue weighted by molar-refractivity contribution is 0.0691. The lowest BCUT2D eigenvalue weighted by Crippen LogP contribution is -2.23. The zero-order valence-corrected chi connectivity index (χ0v) is 25.0. The van der Waals surface area contributed by atoms with Crippen LogP contribution in [0.4, 0.5) is 8.78 Å². The van der Waals surface area contributed by atoms with Gasteiger partial charge < -0.3 is 15.5 Å². The minimum absolute atomic E-state index is 0. The van der Waals surface area contributed by atoms with E-state index < -0.39 is 22.8 Å². The number of likely N-dealkylation sites (N-methyl/N-ethyl adjacent to an activating group) is 1. The van der Waals surface area contributed by atoms with Crippen LogP contribution in [0, 0.1) is 17.6 Å². The van der Waals surface area contributed by atoms with Crippen molar-refractivity contribution in [1.29, 1.82) is 0 Å². The molecule has 1 saturated carbocycles. The summed E-state index contributed by atoms with van der Waals surface area (Å²) >= 11 is 1.18. The fraction of sp³-hybridized carbons (Fsp3) is 0.300. The Hall–Kier alpha value is -3.62. The fourth-order valence-electron chi connectivity index (χ4n) is 5.30. The van der Waals surface area contributed by atoms with Crippen molar-refractivity contribution in [2.45, 2.75) is 37.0 Å². The van der Waals surface area contributed by atoms with E-state index in [9.17, 15) is 18.5 Å². The van der Waals surface area contributed by atoms with Crippen LogP contribution in [0.2, 0.25) is 0 Å². The van der Waals surface area contributed by atoms with Crippen molar-refractivity contribution in [3.8, 4) is 16.4 Å². The number of thiol groups is 1. The summed E-state index contributed by atoms with van der Waals surface area (Å²) in [5.74, 6) is -1.64. The van der Waals surface area contributed by atoms with Gasteiger partial charge in [0, 0.05) is 41.6 Å². The first-order valence-corrected chi connectivity index (χ1v) is 15.9. The van der Waals surface area contributed by atoms with Crippen molar-refractivity contribution >= 4 is 33.9 Å². The van der Waals surface area contributed by atoms with E-state index >= 15 is 4.39 Å². The third kappa shape index (κ3) is 6.50. The largest absolute Gasteiger partial charge is 0.870 e. The van der Waals surface area contributed by atoms with Crippen LogP contribution in [0.3, 0.4) is 0 Å². The number of hydrogen-bond acceptors (Lipinski definition) is 7. The van der Waals surface area contributed by atoms with Gasteiger partial charge in [-0.05, 0) is 80.1 Å². The number of carboxylic acids is 1. The van der Waals surface area contributed by atoms with Gasteiger partial charge in [0.25, 0.3) is 0 Å². The minimum atomic E-state index is -2.33. The molecule has 6 rings (SSSR count). The smallest absolute Gasteiger partial charge is 0.355 e. The molecule has 2 aliphatic rings. The van der Waals surface area contributed by atoms with Crippen LogP contribution in [0.5, 0.6) is 0 Å². The first-order valence-electron chi connectivity index (χ1n) is 13.7. The third-order valence-electron chi connectivity index (χ3n) is 7.79. The number of aromatic carboxylic acids is 1. The molecule has 1 fully saturated rings. The second-order valence-corrected chi connectivity index (χ2v) is 12.8. The molecule has 0 bridgehead atoms. The molecular formula is C30H31F2N5O4S2. The zero-order valence-electron chi connectivity index (χ0n) is 23.3. The van der Waals surface area contributed by atoms with Crippen molar-refractivity contribution in [2.75, 3.05) is 20.1 Å². The molecule has 0 spiro atoms. The molecule has 13 heteroatoms. The van der Waals surface area contributed by atoms with Gasteiger partial charge >= 0.3 is 5.97 Å². The predicted molar refractivity (Wildman–Crippen MR) is 161 cm³/mol. The number of rotatable bonds is 9. The Balaban J connectivity index is 0.00000368. The zero-order chi connectivity index (χ0) is 29.5. The number of thiazole rings is 1. The summed E-state index contributed by atoms with van der Waals surface area (Å²) in [6, 6.07) is 9.44. The van der Waals surface area contributed by atoms with Crippen LogP contribution >= 0.6 is 11.3 Å². The highest BCUT2D eigenvalue weighted by Gasteiger charge is 2.30. The second-order valence-electron chi connectivity index (χ2n) is 10.9. The van der Waals surface area contributed by atoms with E-state index in [1.807, 2.05) is 19.2 Å². The Labute approximate surface area is 253 Å². The first-order chi connectivity index (χ1) is 20.2. The SMILES string of the molecule is CN1CC=C(c2cc(-c3nn(-c4nc(C(=O)O)cs4)c(CC4CC4)c3Cc3ccc([SH+](N)=O)c(F)c3)ccc2F)CC1.[OH-]. The summed E-state index contributed by atoms with van der Waals surface area (Å²) in [6.45, 7) is 1.56. The Morgan fingerprint density at radius 2 is 1.98 bits per heavy atom. The third-order valence-corrected chi connectivity index (χ3v) is 9.44. The van der Waals surface area contributed by atoms with Crippen molar-refractivity contribution in [3.05, 3.63) is 87.6 Å². The van der Waals surface area contributed by atoms with E-state index in [0.717, 1.165) is 49.2 Å². The van der Waals surface area contributed by atoms with Gasteiger partial charge in [-0.2, -0.15) is 5.10 Å². The lowest BCUT2D eigenvalue weighted by atomic mass is 9.93. The maximum atomic E-state index is 15.2. The fourth-order valence-corrected chi connectivity index (χ4v) is 6.57. The second kappa shape index (κ2) is 12.5. The standard InChI is InChI=1S/C30H29F2N5O3S2.H2O/c1-36-10-8-19(9-11-36)21-15-20(5-6-23(21)31)28-22(12-18-4-7-27(42(33)40)24(32)13-18)26(14-17-2-3-17)37(35-28)30-34-25(16-41-30)29(38)39;/h4-8,13,15-17H,2-3,9-12,14H2,1H3,(H2,33,40)(H,38,39);1H2. The molecular weight excluding hydrogens is 596 g/mol. The molecule has 0 amide bonds. The van der Waals surface area contributed by atoms with Gasteiger partial charge in [-0.25, -0.2) is 23.2 Å². The van der Waals surface area contributed by atoms with Gasteiger partial charge in [0.15, 0.2) is 22.5 Å². The number of carboxylic acid groups (broad SMARTS) is 1. The maximum absolute atomic E-state index is 15.2. The molecule has 0 radical (unpaired) electrons. The molecule has 1 aliphatic carbocycles. The highest BCUT2D eigenvalue weighted by atomic mass is 32.2. The van der Waals surface area contributed by atoms with Crippen LogP contribution in [0.15, 0.2) is 52.7 Å². The maximum Gasteiger partial charge on any atom is 0.355 e. The Kier molecular flexibility index (Phi) is 8.99. The monoisotopic (exact) mass is 627 g/mol. The van der Waals surface area contributed by atoms with Gasteiger partial charge in [-0.15, -0.1) is 16.5 Å². The van der Waals surface area contributed by atoms with Gasteiger partial charge in [0.2, 0.25) is 10.0 Å². The van der Waals surface area contributed by atoms with E-state index in [1.54, 1.807) is 16.8 Å². The van der Waals surface area contributed by atoms with Crippen molar-refractivity contribution in [1.82, 2.24) is 19.7 Å². The highest BCUT2D eigenvalue weighted by Crippen LogP contribution is 2.39. The number of benzene rings is 2. The summed E-state index contributed by atoms with van der Waals surface area (Å²) in [6.07, 6.45) is 5.87. The predicted octanol–water partition coefficient (Wildman–Crippen LogP) is 4.99. The van der Waals surface area contributed by atoms with E-state index in [-0.39, 0.29) is 21.9 Å². The molecule has 4 aromatic rings. The normalized spacial score (nSPS) is 16.0. The number of aromatic nitrogens is 3. The van der Waals surface area contributed by atoms with Crippen molar-refractivity contribution < 1.29 is 28.4 Å². The van der Waals surface area contributed by atoms with Crippen LogP contribution in [0.25, 0.3) is 22.0 Å². The minimum Gasteiger partial charge on any atom is -0.870 e. The van der Waals surface area contributed by atoms with E-state index in [2.05, 4.69) is 9.88 Å². The number of hydrogen-bond donors (Lipinski definition) is 2. The van der Waals surface area contributed by atoms with E-state index in [1.165, 1.54) is 34.9 Å². The van der Waals surface area contributed by atoms with E-state index in [0.29, 0.717) is 46.3 Å². The summed E-state index contributed by atoms with van der Waals surface area (Å²) in [5, 5.41) is 21.8. The molecule has 2 aromatic heterocycles. The molecule has 226 valence electrons. The molecule has 43 heavy (non-hydrogen) atoms. The number of carbonyl (C=O) groups is 1. The molecule has 0 saturated heterocycles. The molecule has 1 unspecified atom stereocenters. The number of nitrogens with zero attached hydrogens (tertiary/aromatic N) is 4. The van der Waals surface area contributed by atoms with Gasteiger partial charge in [-0.1, -0.05) is 16.4 Å². The summed E-state index contributed by atoms with van der Waals surface area (Å²) in [7, 11) is -0.302. The highest BCUT2D eigenvalue weighted by molar-refractivity contribution is 7.82. The number of halogens is 2. The van der Waals surface area contributed by atoms with Crippen LogP contribution < -0.4 is 5.14 Å². The van der Waals surface area contributed by atoms with Gasteiger partial charge in [-0.3, -0.25) is 0 Å². The topological polar surface area (TPSA) is 144 Å². The van der Waals surface area contributed by atoms with Crippen LogP contribution in [-0.4, -0.2) is 56.4 Å². The Morgan fingerprint density at radius 1 is 1.19 bits per heavy atom. The van der Waals surface area contributed by atoms with Crippen molar-refractivity contribution in [3.63, 3.8) is 0 Å². The average Bonchev–Trinajstić information content (AvgIpc) is 3.52. The molecule has 3 heterocycles. The quantitative estimate of drug-likeness (QED) is 0.197. The Bertz CT molecular complexity index is 1750. The van der Waals surface area contributed by atoms with Gasteiger partial charge in [0.1, 0.15) is 5.82 Å². The molecule has 1 aliphatic heterocycles. The van der Waals surface area contributed by atoms with Crippen molar-refractivity contribution in [2.24, 2.45) is 11.1 Å². The first kappa shape index (κ1) is 30.8. The van der Waals surface area contributed by atoms with Gasteiger partial charge in [0.05, 0.1) is 11.4 Å². The van der Waals surface area contributed by atoms with E-state index in [4.69, 9.17) is 10.2 Å². The molecule has 1 atom stereocenters. The molecule has 9 nitrogen and oxygen atoms in total. The molecule has 4 N–H and O–H groups in total. The average molecular weight is 628 g/mol. The molecule has 2 aromatic carbocycles. The lowest BCUT2D eigenvalue weighted by Gasteiger charge is -2.22. The van der Waals surface area contributed by atoms with Crippen LogP contribution in [-0.2, 0) is 28.0 Å².